The third-order valence-corrected chi connectivity index (χ3v) is 5.96. The van der Waals surface area contributed by atoms with Crippen LogP contribution in [0.15, 0.2) is 59.4 Å². The number of carbonyl (C=O) groups is 1. The minimum atomic E-state index is -0.327. The third-order valence-electron chi connectivity index (χ3n) is 4.75. The quantitative estimate of drug-likeness (QED) is 0.816. The lowest BCUT2D eigenvalue weighted by Gasteiger charge is -2.41. The molecule has 1 fully saturated rings. The van der Waals surface area contributed by atoms with Gasteiger partial charge >= 0.3 is 0 Å². The van der Waals surface area contributed by atoms with Crippen LogP contribution in [-0.4, -0.2) is 33.2 Å². The van der Waals surface area contributed by atoms with Crippen LogP contribution < -0.4 is 0 Å². The van der Waals surface area contributed by atoms with Crippen LogP contribution in [0.2, 0.25) is 0 Å². The zero-order valence-corrected chi connectivity index (χ0v) is 15.3. The molecule has 7 heteroatoms. The molecule has 3 heterocycles. The summed E-state index contributed by atoms with van der Waals surface area (Å²) >= 11 is 1.51. The lowest BCUT2D eigenvalue weighted by molar-refractivity contribution is -0.131. The first-order valence-electron chi connectivity index (χ1n) is 8.60. The largest absolute Gasteiger partial charge is 0.292 e. The van der Waals surface area contributed by atoms with Gasteiger partial charge in [0.25, 0.3) is 0 Å². The van der Waals surface area contributed by atoms with Gasteiger partial charge in [0.15, 0.2) is 0 Å². The van der Waals surface area contributed by atoms with E-state index in [0.29, 0.717) is 24.7 Å². The van der Waals surface area contributed by atoms with Crippen LogP contribution in [0.3, 0.4) is 0 Å². The summed E-state index contributed by atoms with van der Waals surface area (Å²) in [4.78, 5) is 20.8. The number of rotatable bonds is 3. The molecule has 0 saturated carbocycles. The van der Waals surface area contributed by atoms with E-state index >= 15 is 0 Å². The van der Waals surface area contributed by atoms with Crippen LogP contribution in [-0.2, 0) is 11.3 Å². The number of thioether (sulfide) groups is 1. The molecule has 1 unspecified atom stereocenters. The van der Waals surface area contributed by atoms with Crippen molar-refractivity contribution in [2.75, 3.05) is 12.5 Å². The molecule has 0 spiro atoms. The smallest absolute Gasteiger partial charge is 0.229 e. The molecule has 1 amide bonds. The van der Waals surface area contributed by atoms with E-state index in [4.69, 9.17) is 0 Å². The second-order valence-electron chi connectivity index (χ2n) is 6.57. The Morgan fingerprint density at radius 2 is 2.11 bits per heavy atom. The van der Waals surface area contributed by atoms with Gasteiger partial charge in [0, 0.05) is 31.3 Å². The monoisotopic (exact) mass is 380 g/mol. The second-order valence-corrected chi connectivity index (χ2v) is 7.50. The van der Waals surface area contributed by atoms with Gasteiger partial charge in [0.2, 0.25) is 5.91 Å². The predicted molar refractivity (Wildman–Crippen MR) is 100 cm³/mol. The number of hydrogen-bond acceptors (Lipinski definition) is 5. The summed E-state index contributed by atoms with van der Waals surface area (Å²) in [6.45, 7) is 1.15. The normalized spacial score (nSPS) is 20.4. The van der Waals surface area contributed by atoms with E-state index in [1.807, 2.05) is 18.3 Å². The minimum Gasteiger partial charge on any atom is -0.292 e. The van der Waals surface area contributed by atoms with Crippen LogP contribution in [0.1, 0.15) is 23.5 Å². The molecule has 2 aromatic rings. The van der Waals surface area contributed by atoms with Crippen LogP contribution in [0.5, 0.6) is 0 Å². The van der Waals surface area contributed by atoms with Crippen molar-refractivity contribution in [1.29, 1.82) is 5.26 Å². The molecule has 1 saturated heterocycles. The molecule has 0 aliphatic carbocycles. The molecule has 2 aliphatic heterocycles. The Morgan fingerprint density at radius 3 is 2.81 bits per heavy atom. The number of benzene rings is 1. The number of nitriles is 1. The summed E-state index contributed by atoms with van der Waals surface area (Å²) in [6, 6.07) is 12.2. The van der Waals surface area contributed by atoms with Gasteiger partial charge in [0.1, 0.15) is 5.82 Å². The van der Waals surface area contributed by atoms with Gasteiger partial charge in [0.05, 0.1) is 29.2 Å². The number of allylic oxidation sites excluding steroid dienone is 1. The molecule has 0 N–H and O–H groups in total. The fraction of sp³-hybridized carbons (Fsp3) is 0.250. The number of nitrogens with zero attached hydrogens (tertiary/aromatic N) is 4. The van der Waals surface area contributed by atoms with Crippen molar-refractivity contribution in [2.24, 2.45) is 0 Å². The van der Waals surface area contributed by atoms with Crippen molar-refractivity contribution in [3.8, 4) is 6.07 Å². The zero-order valence-electron chi connectivity index (χ0n) is 14.5. The first-order chi connectivity index (χ1) is 13.2. The summed E-state index contributed by atoms with van der Waals surface area (Å²) in [7, 11) is 0. The lowest BCUT2D eigenvalue weighted by Crippen LogP contribution is -2.46. The molecule has 27 heavy (non-hydrogen) atoms. The molecule has 1 aromatic carbocycles. The highest BCUT2D eigenvalue weighted by Gasteiger charge is 2.38. The summed E-state index contributed by atoms with van der Waals surface area (Å²) in [5.74, 6) is 0.0372. The summed E-state index contributed by atoms with van der Waals surface area (Å²) in [5.41, 5.74) is 2.47. The minimum absolute atomic E-state index is 0.0123. The maximum Gasteiger partial charge on any atom is 0.229 e. The Kier molecular flexibility index (Phi) is 4.92. The van der Waals surface area contributed by atoms with E-state index in [1.54, 1.807) is 23.2 Å². The number of fused-ring (bicyclic) bond motifs is 1. The number of hydrogen-bond donors (Lipinski definition) is 0. The van der Waals surface area contributed by atoms with Gasteiger partial charge in [-0.25, -0.2) is 4.39 Å². The van der Waals surface area contributed by atoms with Crippen molar-refractivity contribution in [3.05, 3.63) is 76.3 Å². The molecular formula is C20H17FN4OS. The molecule has 1 aromatic heterocycles. The fourth-order valence-corrected chi connectivity index (χ4v) is 4.57. The summed E-state index contributed by atoms with van der Waals surface area (Å²) in [6.07, 6.45) is 3.77. The van der Waals surface area contributed by atoms with Crippen molar-refractivity contribution in [3.63, 3.8) is 0 Å². The number of pyridine rings is 1. The average Bonchev–Trinajstić information content (AvgIpc) is 2.69. The van der Waals surface area contributed by atoms with Crippen molar-refractivity contribution < 1.29 is 9.18 Å². The molecule has 1 atom stereocenters. The molecular weight excluding hydrogens is 363 g/mol. The predicted octanol–water partition coefficient (Wildman–Crippen LogP) is 3.44. The summed E-state index contributed by atoms with van der Waals surface area (Å²) in [5, 5.41) is 10.5. The topological polar surface area (TPSA) is 60.2 Å². The van der Waals surface area contributed by atoms with Crippen molar-refractivity contribution in [1.82, 2.24) is 14.8 Å². The highest BCUT2D eigenvalue weighted by Crippen LogP contribution is 2.42. The van der Waals surface area contributed by atoms with Gasteiger partial charge in [-0.05, 0) is 29.3 Å². The molecule has 0 radical (unpaired) electrons. The van der Waals surface area contributed by atoms with E-state index in [0.717, 1.165) is 16.2 Å². The van der Waals surface area contributed by atoms with Gasteiger partial charge in [-0.15, -0.1) is 0 Å². The Bertz CT molecular complexity index is 923. The van der Waals surface area contributed by atoms with Crippen LogP contribution in [0.4, 0.5) is 4.39 Å². The first-order valence-corrected chi connectivity index (χ1v) is 9.58. The Labute approximate surface area is 161 Å². The third kappa shape index (κ3) is 3.59. The van der Waals surface area contributed by atoms with Gasteiger partial charge < -0.3 is 0 Å². The highest BCUT2D eigenvalue weighted by atomic mass is 32.2. The van der Waals surface area contributed by atoms with Crippen molar-refractivity contribution in [2.45, 2.75) is 18.9 Å². The van der Waals surface area contributed by atoms with Gasteiger partial charge in [-0.3, -0.25) is 19.6 Å². The van der Waals surface area contributed by atoms with E-state index in [1.165, 1.54) is 23.9 Å². The van der Waals surface area contributed by atoms with Crippen molar-refractivity contribution >= 4 is 17.7 Å². The number of aromatic nitrogens is 1. The first kappa shape index (κ1) is 17.7. The van der Waals surface area contributed by atoms with Crippen LogP contribution in [0.25, 0.3) is 0 Å². The number of amides is 1. The Hall–Kier alpha value is -2.69. The molecule has 0 bridgehead atoms. The summed E-state index contributed by atoms with van der Waals surface area (Å²) < 4.78 is 13.2. The van der Waals surface area contributed by atoms with Gasteiger partial charge in [-0.1, -0.05) is 30.0 Å². The molecule has 5 nitrogen and oxygen atoms in total. The number of halogens is 1. The van der Waals surface area contributed by atoms with Crippen LogP contribution in [0, 0.1) is 17.1 Å². The second kappa shape index (κ2) is 7.51. The standard InChI is InChI=1S/C20H17FN4OS/c21-16-5-3-15(4-6-16)17-8-19(26)25-12-24(11-14-2-1-7-23-10-14)13-27-20(25)18(17)9-22/h1-7,10,17H,8,11-13H2. The van der Waals surface area contributed by atoms with Crippen LogP contribution >= 0.6 is 11.8 Å². The SMILES string of the molecule is N#CC1=C2SCN(Cc3cccnc3)CN2C(=O)CC1c1ccc(F)cc1. The average molecular weight is 380 g/mol. The van der Waals surface area contributed by atoms with E-state index < -0.39 is 0 Å². The fourth-order valence-electron chi connectivity index (χ4n) is 3.44. The highest BCUT2D eigenvalue weighted by molar-refractivity contribution is 8.03. The lowest BCUT2D eigenvalue weighted by atomic mass is 9.86. The molecule has 4 rings (SSSR count). The zero-order chi connectivity index (χ0) is 18.8. The maximum absolute atomic E-state index is 13.2. The Morgan fingerprint density at radius 1 is 1.30 bits per heavy atom. The maximum atomic E-state index is 13.2. The Balaban J connectivity index is 1.59. The molecule has 136 valence electrons. The van der Waals surface area contributed by atoms with E-state index in [-0.39, 0.29) is 24.1 Å². The molecule has 2 aliphatic rings. The number of carbonyl (C=O) groups excluding carboxylic acids is 1. The van der Waals surface area contributed by atoms with Gasteiger partial charge in [-0.2, -0.15) is 5.26 Å². The van der Waals surface area contributed by atoms with E-state index in [9.17, 15) is 14.4 Å². The van der Waals surface area contributed by atoms with E-state index in [2.05, 4.69) is 16.0 Å².